The molecule has 0 fully saturated rings. The van der Waals surface area contributed by atoms with Crippen molar-refractivity contribution in [1.29, 1.82) is 0 Å². The van der Waals surface area contributed by atoms with Gasteiger partial charge in [0.15, 0.2) is 5.69 Å². The fraction of sp³-hybridized carbons (Fsp3) is 0.118. The summed E-state index contributed by atoms with van der Waals surface area (Å²) in [6.45, 7) is 0. The first kappa shape index (κ1) is 15.5. The summed E-state index contributed by atoms with van der Waals surface area (Å²) in [5.41, 5.74) is 1.56. The van der Waals surface area contributed by atoms with Crippen molar-refractivity contribution >= 4 is 11.6 Å². The Morgan fingerprint density at radius 3 is 2.58 bits per heavy atom. The Hall–Kier alpha value is -3.35. The number of rotatable bonds is 5. The number of nitrogens with zero attached hydrogens (tertiary/aromatic N) is 3. The molecule has 0 radical (unpaired) electrons. The number of carbonyl (C=O) groups is 1. The monoisotopic (exact) mass is 324 g/mol. The average Bonchev–Trinajstić information content (AvgIpc) is 3.13. The molecule has 3 aromatic rings. The van der Waals surface area contributed by atoms with Gasteiger partial charge in [-0.15, -0.1) is 5.10 Å². The van der Waals surface area contributed by atoms with Crippen molar-refractivity contribution in [3.05, 3.63) is 60.4 Å². The van der Waals surface area contributed by atoms with E-state index < -0.39 is 0 Å². The molecule has 0 aliphatic rings. The van der Waals surface area contributed by atoms with Crippen LogP contribution < -0.4 is 14.8 Å². The SMILES string of the molecule is COc1ccc(NC(=O)c2cn(-c3ccccc3)nn2)c(OC)c1. The molecule has 0 spiro atoms. The molecule has 3 rings (SSSR count). The molecule has 0 aliphatic carbocycles. The number of carbonyl (C=O) groups excluding carboxylic acids is 1. The van der Waals surface area contributed by atoms with E-state index in [0.717, 1.165) is 5.69 Å². The highest BCUT2D eigenvalue weighted by Crippen LogP contribution is 2.29. The van der Waals surface area contributed by atoms with E-state index in [9.17, 15) is 4.79 Å². The standard InChI is InChI=1S/C17H16N4O3/c1-23-13-8-9-14(16(10-13)24-2)18-17(22)15-11-21(20-19-15)12-6-4-3-5-7-12/h3-11H,1-2H3,(H,18,22). The van der Waals surface area contributed by atoms with E-state index in [2.05, 4.69) is 15.6 Å². The van der Waals surface area contributed by atoms with Crippen LogP contribution in [0.3, 0.4) is 0 Å². The molecule has 7 heteroatoms. The van der Waals surface area contributed by atoms with Gasteiger partial charge in [0.1, 0.15) is 11.5 Å². The largest absolute Gasteiger partial charge is 0.497 e. The summed E-state index contributed by atoms with van der Waals surface area (Å²) in [6.07, 6.45) is 1.57. The normalized spacial score (nSPS) is 10.2. The highest BCUT2D eigenvalue weighted by atomic mass is 16.5. The van der Waals surface area contributed by atoms with Crippen molar-refractivity contribution in [1.82, 2.24) is 15.0 Å². The Balaban J connectivity index is 1.80. The summed E-state index contributed by atoms with van der Waals surface area (Å²) in [4.78, 5) is 12.4. The first-order chi connectivity index (χ1) is 11.7. The fourth-order valence-corrected chi connectivity index (χ4v) is 2.16. The van der Waals surface area contributed by atoms with Gasteiger partial charge in [0.25, 0.3) is 5.91 Å². The minimum absolute atomic E-state index is 0.205. The smallest absolute Gasteiger partial charge is 0.277 e. The number of ether oxygens (including phenoxy) is 2. The van der Waals surface area contributed by atoms with Gasteiger partial charge in [0.05, 0.1) is 31.8 Å². The quantitative estimate of drug-likeness (QED) is 0.780. The summed E-state index contributed by atoms with van der Waals surface area (Å²) in [5, 5.41) is 10.6. The Morgan fingerprint density at radius 2 is 1.88 bits per heavy atom. The second-order valence-electron chi connectivity index (χ2n) is 4.90. The molecule has 0 aliphatic heterocycles. The molecule has 0 saturated carbocycles. The molecule has 1 aromatic heterocycles. The Morgan fingerprint density at radius 1 is 1.08 bits per heavy atom. The van der Waals surface area contributed by atoms with Crippen LogP contribution in [0.25, 0.3) is 5.69 Å². The minimum atomic E-state index is -0.374. The number of anilines is 1. The van der Waals surface area contributed by atoms with E-state index in [1.54, 1.807) is 36.2 Å². The maximum absolute atomic E-state index is 12.4. The lowest BCUT2D eigenvalue weighted by Gasteiger charge is -2.10. The number of hydrogen-bond donors (Lipinski definition) is 1. The Kier molecular flexibility index (Phi) is 4.42. The van der Waals surface area contributed by atoms with Crippen LogP contribution in [0, 0.1) is 0 Å². The third kappa shape index (κ3) is 3.19. The zero-order valence-corrected chi connectivity index (χ0v) is 13.3. The van der Waals surface area contributed by atoms with Gasteiger partial charge in [-0.1, -0.05) is 23.4 Å². The summed E-state index contributed by atoms with van der Waals surface area (Å²) < 4.78 is 11.9. The number of methoxy groups -OCH3 is 2. The van der Waals surface area contributed by atoms with Gasteiger partial charge in [0, 0.05) is 6.07 Å². The maximum Gasteiger partial charge on any atom is 0.277 e. The maximum atomic E-state index is 12.4. The second kappa shape index (κ2) is 6.82. The number of aromatic nitrogens is 3. The molecular formula is C17H16N4O3. The molecule has 1 heterocycles. The minimum Gasteiger partial charge on any atom is -0.497 e. The summed E-state index contributed by atoms with van der Waals surface area (Å²) in [6, 6.07) is 14.6. The highest BCUT2D eigenvalue weighted by Gasteiger charge is 2.14. The molecule has 0 bridgehead atoms. The predicted octanol–water partition coefficient (Wildman–Crippen LogP) is 2.54. The summed E-state index contributed by atoms with van der Waals surface area (Å²) in [7, 11) is 3.09. The molecule has 1 amide bonds. The molecular weight excluding hydrogens is 308 g/mol. The fourth-order valence-electron chi connectivity index (χ4n) is 2.16. The van der Waals surface area contributed by atoms with E-state index in [1.807, 2.05) is 30.3 Å². The van der Waals surface area contributed by atoms with Gasteiger partial charge in [-0.05, 0) is 24.3 Å². The second-order valence-corrected chi connectivity index (χ2v) is 4.90. The third-order valence-electron chi connectivity index (χ3n) is 3.40. The molecule has 122 valence electrons. The van der Waals surface area contributed by atoms with Gasteiger partial charge in [-0.3, -0.25) is 4.79 Å². The zero-order chi connectivity index (χ0) is 16.9. The van der Waals surface area contributed by atoms with Crippen LogP contribution >= 0.6 is 0 Å². The average molecular weight is 324 g/mol. The van der Waals surface area contributed by atoms with Crippen molar-refractivity contribution < 1.29 is 14.3 Å². The number of nitrogens with one attached hydrogen (secondary N) is 1. The van der Waals surface area contributed by atoms with Crippen molar-refractivity contribution in [2.24, 2.45) is 0 Å². The lowest BCUT2D eigenvalue weighted by Crippen LogP contribution is -2.13. The molecule has 1 N–H and O–H groups in total. The van der Waals surface area contributed by atoms with E-state index in [-0.39, 0.29) is 11.6 Å². The van der Waals surface area contributed by atoms with Crippen LogP contribution in [0.5, 0.6) is 11.5 Å². The predicted molar refractivity (Wildman–Crippen MR) is 88.9 cm³/mol. The van der Waals surface area contributed by atoms with Crippen molar-refractivity contribution in [3.8, 4) is 17.2 Å². The number of benzene rings is 2. The third-order valence-corrected chi connectivity index (χ3v) is 3.40. The first-order valence-corrected chi connectivity index (χ1v) is 7.22. The highest BCUT2D eigenvalue weighted by molar-refractivity contribution is 6.03. The van der Waals surface area contributed by atoms with Crippen LogP contribution in [-0.4, -0.2) is 35.1 Å². The number of hydrogen-bond acceptors (Lipinski definition) is 5. The summed E-state index contributed by atoms with van der Waals surface area (Å²) >= 11 is 0. The van der Waals surface area contributed by atoms with Gasteiger partial charge < -0.3 is 14.8 Å². The first-order valence-electron chi connectivity index (χ1n) is 7.22. The zero-order valence-electron chi connectivity index (χ0n) is 13.3. The van der Waals surface area contributed by atoms with Crippen LogP contribution in [-0.2, 0) is 0 Å². The van der Waals surface area contributed by atoms with Crippen molar-refractivity contribution in [2.75, 3.05) is 19.5 Å². The topological polar surface area (TPSA) is 78.3 Å². The summed E-state index contributed by atoms with van der Waals surface area (Å²) in [5.74, 6) is 0.763. The Bertz CT molecular complexity index is 846. The molecule has 2 aromatic carbocycles. The van der Waals surface area contributed by atoms with Gasteiger partial charge in [0.2, 0.25) is 0 Å². The van der Waals surface area contributed by atoms with Crippen molar-refractivity contribution in [2.45, 2.75) is 0 Å². The van der Waals surface area contributed by atoms with Gasteiger partial charge in [-0.2, -0.15) is 0 Å². The van der Waals surface area contributed by atoms with Gasteiger partial charge in [-0.25, -0.2) is 4.68 Å². The van der Waals surface area contributed by atoms with Crippen LogP contribution in [0.2, 0.25) is 0 Å². The Labute approximate surface area is 138 Å². The van der Waals surface area contributed by atoms with Crippen LogP contribution in [0.1, 0.15) is 10.5 Å². The van der Waals surface area contributed by atoms with E-state index >= 15 is 0 Å². The molecule has 7 nitrogen and oxygen atoms in total. The molecule has 24 heavy (non-hydrogen) atoms. The molecule has 0 unspecified atom stereocenters. The molecule has 0 saturated heterocycles. The van der Waals surface area contributed by atoms with Crippen molar-refractivity contribution in [3.63, 3.8) is 0 Å². The van der Waals surface area contributed by atoms with Crippen LogP contribution in [0.15, 0.2) is 54.7 Å². The van der Waals surface area contributed by atoms with E-state index in [1.165, 1.54) is 7.11 Å². The van der Waals surface area contributed by atoms with Crippen LogP contribution in [0.4, 0.5) is 5.69 Å². The lowest BCUT2D eigenvalue weighted by molar-refractivity contribution is 0.102. The lowest BCUT2D eigenvalue weighted by atomic mass is 10.2. The van der Waals surface area contributed by atoms with E-state index in [0.29, 0.717) is 17.2 Å². The van der Waals surface area contributed by atoms with Gasteiger partial charge >= 0.3 is 0 Å². The van der Waals surface area contributed by atoms with E-state index in [4.69, 9.17) is 9.47 Å². The molecule has 0 atom stereocenters. The number of amides is 1. The number of para-hydroxylation sites is 1.